The molecule has 20 heavy (non-hydrogen) atoms. The molecule has 1 aliphatic rings. The van der Waals surface area contributed by atoms with Gasteiger partial charge in [0.2, 0.25) is 0 Å². The number of rotatable bonds is 5. The van der Waals surface area contributed by atoms with Crippen molar-refractivity contribution in [3.8, 4) is 0 Å². The van der Waals surface area contributed by atoms with Gasteiger partial charge in [-0.1, -0.05) is 12.1 Å². The van der Waals surface area contributed by atoms with Gasteiger partial charge < -0.3 is 10.6 Å². The Morgan fingerprint density at radius 2 is 2.00 bits per heavy atom. The fraction of sp³-hybridized carbons (Fsp3) is 0.600. The standard InChI is InChI=1S/C15H25FN4/c1-15(12-17,11-13-4-3-5-14(16)10-13)18-20-8-6-19(2)7-9-20/h3-5,10,18H,6-9,11-12,17H2,1-2H3. The van der Waals surface area contributed by atoms with Crippen LogP contribution >= 0.6 is 0 Å². The molecule has 0 amide bonds. The number of halogens is 1. The molecule has 1 aromatic rings. The van der Waals surface area contributed by atoms with Crippen LogP contribution in [0.4, 0.5) is 4.39 Å². The summed E-state index contributed by atoms with van der Waals surface area (Å²) < 4.78 is 13.3. The van der Waals surface area contributed by atoms with E-state index in [4.69, 9.17) is 5.73 Å². The van der Waals surface area contributed by atoms with E-state index >= 15 is 0 Å². The third-order valence-electron chi connectivity index (χ3n) is 3.87. The SMILES string of the molecule is CN1CCN(NC(C)(CN)Cc2cccc(F)c2)CC1. The molecule has 0 bridgehead atoms. The lowest BCUT2D eigenvalue weighted by molar-refractivity contribution is 0.0606. The summed E-state index contributed by atoms with van der Waals surface area (Å²) in [5.74, 6) is -0.193. The Morgan fingerprint density at radius 1 is 1.30 bits per heavy atom. The van der Waals surface area contributed by atoms with Gasteiger partial charge in [0.25, 0.3) is 0 Å². The Kier molecular flexibility index (Phi) is 5.10. The normalized spacial score (nSPS) is 20.8. The first kappa shape index (κ1) is 15.4. The van der Waals surface area contributed by atoms with Crippen molar-refractivity contribution in [2.24, 2.45) is 5.73 Å². The lowest BCUT2D eigenvalue weighted by Gasteiger charge is -2.40. The van der Waals surface area contributed by atoms with Crippen LogP contribution in [-0.2, 0) is 6.42 Å². The second kappa shape index (κ2) is 6.63. The summed E-state index contributed by atoms with van der Waals surface area (Å²) in [4.78, 5) is 2.31. The Labute approximate surface area is 120 Å². The summed E-state index contributed by atoms with van der Waals surface area (Å²) in [6, 6.07) is 6.75. The van der Waals surface area contributed by atoms with E-state index in [1.807, 2.05) is 6.07 Å². The molecule has 112 valence electrons. The van der Waals surface area contributed by atoms with Gasteiger partial charge in [-0.25, -0.2) is 14.8 Å². The largest absolute Gasteiger partial charge is 0.329 e. The lowest BCUT2D eigenvalue weighted by Crippen LogP contribution is -2.61. The summed E-state index contributed by atoms with van der Waals surface area (Å²) >= 11 is 0. The number of hydrogen-bond acceptors (Lipinski definition) is 4. The average Bonchev–Trinajstić information content (AvgIpc) is 2.41. The second-order valence-electron chi connectivity index (χ2n) is 5.97. The monoisotopic (exact) mass is 280 g/mol. The minimum Gasteiger partial charge on any atom is -0.329 e. The molecule has 0 aliphatic carbocycles. The van der Waals surface area contributed by atoms with E-state index in [2.05, 4.69) is 29.3 Å². The summed E-state index contributed by atoms with van der Waals surface area (Å²) in [5.41, 5.74) is 10.2. The van der Waals surface area contributed by atoms with Crippen LogP contribution < -0.4 is 11.2 Å². The molecule has 0 radical (unpaired) electrons. The highest BCUT2D eigenvalue weighted by Crippen LogP contribution is 2.14. The quantitative estimate of drug-likeness (QED) is 0.839. The molecule has 1 aliphatic heterocycles. The molecule has 0 saturated carbocycles. The van der Waals surface area contributed by atoms with Crippen molar-refractivity contribution in [3.63, 3.8) is 0 Å². The first-order chi connectivity index (χ1) is 9.50. The van der Waals surface area contributed by atoms with Crippen LogP contribution in [-0.4, -0.2) is 55.2 Å². The van der Waals surface area contributed by atoms with Crippen molar-refractivity contribution in [1.82, 2.24) is 15.3 Å². The molecule has 0 spiro atoms. The van der Waals surface area contributed by atoms with Crippen LogP contribution in [0.5, 0.6) is 0 Å². The Morgan fingerprint density at radius 3 is 2.60 bits per heavy atom. The zero-order chi connectivity index (χ0) is 14.6. The fourth-order valence-electron chi connectivity index (χ4n) is 2.55. The first-order valence-electron chi connectivity index (χ1n) is 7.16. The first-order valence-corrected chi connectivity index (χ1v) is 7.16. The van der Waals surface area contributed by atoms with Crippen molar-refractivity contribution in [2.45, 2.75) is 18.9 Å². The van der Waals surface area contributed by atoms with Crippen molar-refractivity contribution in [1.29, 1.82) is 0 Å². The number of hydrazine groups is 1. The molecule has 2 rings (SSSR count). The Hall–Kier alpha value is -1.01. The number of nitrogens with zero attached hydrogens (tertiary/aromatic N) is 2. The van der Waals surface area contributed by atoms with E-state index in [0.29, 0.717) is 13.0 Å². The molecule has 1 fully saturated rings. The van der Waals surface area contributed by atoms with Gasteiger partial charge in [0.05, 0.1) is 0 Å². The number of likely N-dealkylation sites (N-methyl/N-ethyl adjacent to an activating group) is 1. The highest BCUT2D eigenvalue weighted by molar-refractivity contribution is 5.19. The molecule has 1 unspecified atom stereocenters. The van der Waals surface area contributed by atoms with Crippen molar-refractivity contribution in [3.05, 3.63) is 35.6 Å². The minimum absolute atomic E-state index is 0.193. The van der Waals surface area contributed by atoms with Crippen LogP contribution in [0.1, 0.15) is 12.5 Å². The van der Waals surface area contributed by atoms with E-state index in [1.54, 1.807) is 12.1 Å². The Balaban J connectivity index is 1.98. The summed E-state index contributed by atoms with van der Waals surface area (Å²) in [7, 11) is 2.13. The van der Waals surface area contributed by atoms with Gasteiger partial charge >= 0.3 is 0 Å². The number of benzene rings is 1. The van der Waals surface area contributed by atoms with Crippen molar-refractivity contribution in [2.75, 3.05) is 39.8 Å². The molecule has 3 N–H and O–H groups in total. The lowest BCUT2D eigenvalue weighted by atomic mass is 9.93. The van der Waals surface area contributed by atoms with Crippen LogP contribution in [0.25, 0.3) is 0 Å². The van der Waals surface area contributed by atoms with Crippen LogP contribution in [0, 0.1) is 5.82 Å². The van der Waals surface area contributed by atoms with Crippen molar-refractivity contribution >= 4 is 0 Å². The summed E-state index contributed by atoms with van der Waals surface area (Å²) in [6.45, 7) is 6.66. The van der Waals surface area contributed by atoms with Crippen molar-refractivity contribution < 1.29 is 4.39 Å². The molecular formula is C15H25FN4. The number of hydrogen-bond donors (Lipinski definition) is 2. The third-order valence-corrected chi connectivity index (χ3v) is 3.87. The van der Waals surface area contributed by atoms with Gasteiger partial charge in [-0.2, -0.15) is 0 Å². The molecule has 1 saturated heterocycles. The predicted octanol–water partition coefficient (Wildman–Crippen LogP) is 0.838. The van der Waals surface area contributed by atoms with E-state index in [-0.39, 0.29) is 11.4 Å². The molecule has 1 atom stereocenters. The summed E-state index contributed by atoms with van der Waals surface area (Å²) in [6.07, 6.45) is 0.716. The Bertz CT molecular complexity index is 432. The topological polar surface area (TPSA) is 44.5 Å². The fourth-order valence-corrected chi connectivity index (χ4v) is 2.55. The van der Waals surface area contributed by atoms with Gasteiger partial charge in [-0.15, -0.1) is 0 Å². The second-order valence-corrected chi connectivity index (χ2v) is 5.97. The maximum absolute atomic E-state index is 13.3. The number of nitrogens with one attached hydrogen (secondary N) is 1. The van der Waals surface area contributed by atoms with Crippen LogP contribution in [0.2, 0.25) is 0 Å². The number of nitrogens with two attached hydrogens (primary N) is 1. The third kappa shape index (κ3) is 4.24. The molecule has 1 aromatic carbocycles. The highest BCUT2D eigenvalue weighted by atomic mass is 19.1. The molecular weight excluding hydrogens is 255 g/mol. The van der Waals surface area contributed by atoms with Gasteiger partial charge in [0, 0.05) is 38.3 Å². The zero-order valence-corrected chi connectivity index (χ0v) is 12.4. The zero-order valence-electron chi connectivity index (χ0n) is 12.4. The minimum atomic E-state index is -0.246. The molecule has 1 heterocycles. The summed E-state index contributed by atoms with van der Waals surface area (Å²) in [5, 5.41) is 2.23. The molecule has 4 nitrogen and oxygen atoms in total. The van der Waals surface area contributed by atoms with Gasteiger partial charge in [-0.3, -0.25) is 0 Å². The average molecular weight is 280 g/mol. The predicted molar refractivity (Wildman–Crippen MR) is 79.8 cm³/mol. The highest BCUT2D eigenvalue weighted by Gasteiger charge is 2.27. The molecule has 0 aromatic heterocycles. The maximum atomic E-state index is 13.3. The van der Waals surface area contributed by atoms with Gasteiger partial charge in [0.15, 0.2) is 0 Å². The van der Waals surface area contributed by atoms with Gasteiger partial charge in [0.1, 0.15) is 5.82 Å². The van der Waals surface area contributed by atoms with Crippen LogP contribution in [0.15, 0.2) is 24.3 Å². The maximum Gasteiger partial charge on any atom is 0.123 e. The van der Waals surface area contributed by atoms with E-state index in [1.165, 1.54) is 6.07 Å². The molecule has 5 heteroatoms. The smallest absolute Gasteiger partial charge is 0.123 e. The van der Waals surface area contributed by atoms with Gasteiger partial charge in [-0.05, 0) is 38.1 Å². The van der Waals surface area contributed by atoms with E-state index in [9.17, 15) is 4.39 Å². The van der Waals surface area contributed by atoms with E-state index < -0.39 is 0 Å². The van der Waals surface area contributed by atoms with E-state index in [0.717, 1.165) is 31.7 Å². The van der Waals surface area contributed by atoms with Crippen LogP contribution in [0.3, 0.4) is 0 Å². The number of piperazine rings is 1.